The molecule has 0 unspecified atom stereocenters. The summed E-state index contributed by atoms with van der Waals surface area (Å²) in [5.74, 6) is -0.164. The number of carbonyl (C=O) groups excluding carboxylic acids is 1. The lowest BCUT2D eigenvalue weighted by Crippen LogP contribution is -2.52. The standard InChI is InChI=1S/C17H25N3O3S/c18-12-17(11-16(17)7-1-2-8-16)15(21)19-13-4-3-9-20(10-13)24(22,23)14-5-6-14/h13-14H,1-11H2,(H,19,21)/t13-,17-/m1/s1. The van der Waals surface area contributed by atoms with Gasteiger partial charge in [0, 0.05) is 24.5 Å². The van der Waals surface area contributed by atoms with Gasteiger partial charge in [-0.25, -0.2) is 8.42 Å². The number of hydrogen-bond acceptors (Lipinski definition) is 4. The van der Waals surface area contributed by atoms with Crippen LogP contribution in [0.15, 0.2) is 0 Å². The van der Waals surface area contributed by atoms with E-state index in [1.54, 1.807) is 4.31 Å². The highest BCUT2D eigenvalue weighted by Crippen LogP contribution is 2.71. The van der Waals surface area contributed by atoms with Crippen LogP contribution in [-0.4, -0.2) is 43.0 Å². The lowest BCUT2D eigenvalue weighted by Gasteiger charge is -2.33. The molecule has 3 saturated carbocycles. The Morgan fingerprint density at radius 1 is 1.17 bits per heavy atom. The number of amides is 1. The zero-order valence-electron chi connectivity index (χ0n) is 14.0. The molecule has 0 radical (unpaired) electrons. The summed E-state index contributed by atoms with van der Waals surface area (Å²) < 4.78 is 26.4. The highest BCUT2D eigenvalue weighted by Gasteiger charge is 2.72. The zero-order chi connectivity index (χ0) is 17.0. The normalized spacial score (nSPS) is 35.5. The van der Waals surface area contributed by atoms with E-state index >= 15 is 0 Å². The summed E-state index contributed by atoms with van der Waals surface area (Å²) in [6.07, 6.45) is 7.91. The number of nitriles is 1. The molecule has 0 bridgehead atoms. The van der Waals surface area contributed by atoms with Gasteiger partial charge in [-0.1, -0.05) is 12.8 Å². The van der Waals surface area contributed by atoms with Crippen molar-refractivity contribution in [3.63, 3.8) is 0 Å². The van der Waals surface area contributed by atoms with Gasteiger partial charge in [-0.15, -0.1) is 0 Å². The number of hydrogen-bond donors (Lipinski definition) is 1. The van der Waals surface area contributed by atoms with Crippen LogP contribution in [0.5, 0.6) is 0 Å². The van der Waals surface area contributed by atoms with Gasteiger partial charge in [-0.05, 0) is 44.9 Å². The maximum atomic E-state index is 12.8. The van der Waals surface area contributed by atoms with Crippen LogP contribution in [0.2, 0.25) is 0 Å². The summed E-state index contributed by atoms with van der Waals surface area (Å²) in [7, 11) is -3.19. The van der Waals surface area contributed by atoms with E-state index in [0.717, 1.165) is 51.4 Å². The monoisotopic (exact) mass is 351 g/mol. The quantitative estimate of drug-likeness (QED) is 0.832. The smallest absolute Gasteiger partial charge is 0.241 e. The molecule has 0 aromatic heterocycles. The molecule has 6 nitrogen and oxygen atoms in total. The minimum absolute atomic E-state index is 0.0969. The second-order valence-electron chi connectivity index (χ2n) is 8.10. The van der Waals surface area contributed by atoms with Gasteiger partial charge in [0.2, 0.25) is 15.9 Å². The van der Waals surface area contributed by atoms with Gasteiger partial charge >= 0.3 is 0 Å². The van der Waals surface area contributed by atoms with E-state index in [1.165, 1.54) is 0 Å². The molecule has 7 heteroatoms. The van der Waals surface area contributed by atoms with Crippen molar-refractivity contribution in [2.45, 2.75) is 69.1 Å². The minimum Gasteiger partial charge on any atom is -0.351 e. The predicted molar refractivity (Wildman–Crippen MR) is 88.2 cm³/mol. The molecule has 1 heterocycles. The fourth-order valence-corrected chi connectivity index (χ4v) is 6.75. The Morgan fingerprint density at radius 2 is 1.88 bits per heavy atom. The Labute approximate surface area is 143 Å². The van der Waals surface area contributed by atoms with Crippen molar-refractivity contribution < 1.29 is 13.2 Å². The fraction of sp³-hybridized carbons (Fsp3) is 0.882. The number of carbonyl (C=O) groups is 1. The zero-order valence-corrected chi connectivity index (χ0v) is 14.8. The highest BCUT2D eigenvalue weighted by molar-refractivity contribution is 7.90. The average Bonchev–Trinajstić information content (AvgIpc) is 3.45. The molecule has 4 rings (SSSR count). The van der Waals surface area contributed by atoms with Crippen LogP contribution < -0.4 is 5.32 Å². The summed E-state index contributed by atoms with van der Waals surface area (Å²) in [5, 5.41) is 12.4. The number of nitrogens with one attached hydrogen (secondary N) is 1. The molecule has 1 N–H and O–H groups in total. The van der Waals surface area contributed by atoms with E-state index in [9.17, 15) is 18.5 Å². The SMILES string of the molecule is N#C[C@@]1(C(=O)N[C@@H]2CCCN(S(=O)(=O)C3CC3)C2)CC12CCCC2. The lowest BCUT2D eigenvalue weighted by atomic mass is 9.91. The molecule has 3 aliphatic carbocycles. The molecule has 1 amide bonds. The molecule has 1 spiro atoms. The van der Waals surface area contributed by atoms with Gasteiger partial charge in [0.15, 0.2) is 0 Å². The third-order valence-electron chi connectivity index (χ3n) is 6.55. The van der Waals surface area contributed by atoms with Crippen LogP contribution in [0.3, 0.4) is 0 Å². The van der Waals surface area contributed by atoms with Gasteiger partial charge in [0.05, 0.1) is 11.3 Å². The van der Waals surface area contributed by atoms with Crippen molar-refractivity contribution >= 4 is 15.9 Å². The Bertz CT molecular complexity index is 688. The topological polar surface area (TPSA) is 90.3 Å². The van der Waals surface area contributed by atoms with Gasteiger partial charge < -0.3 is 5.32 Å². The molecule has 24 heavy (non-hydrogen) atoms. The molecule has 0 aromatic rings. The van der Waals surface area contributed by atoms with Crippen LogP contribution >= 0.6 is 0 Å². The molecule has 0 aromatic carbocycles. The third-order valence-corrected chi connectivity index (χ3v) is 8.91. The lowest BCUT2D eigenvalue weighted by molar-refractivity contribution is -0.126. The number of rotatable bonds is 4. The molecule has 2 atom stereocenters. The molecule has 1 aliphatic heterocycles. The van der Waals surface area contributed by atoms with Gasteiger partial charge in [0.25, 0.3) is 0 Å². The first kappa shape index (κ1) is 16.3. The Balaban J connectivity index is 1.42. The molecule has 1 saturated heterocycles. The van der Waals surface area contributed by atoms with Crippen LogP contribution in [-0.2, 0) is 14.8 Å². The van der Waals surface area contributed by atoms with E-state index in [4.69, 9.17) is 0 Å². The number of nitrogens with zero attached hydrogens (tertiary/aromatic N) is 2. The van der Waals surface area contributed by atoms with E-state index in [0.29, 0.717) is 19.5 Å². The summed E-state index contributed by atoms with van der Waals surface area (Å²) in [6, 6.07) is 2.14. The summed E-state index contributed by atoms with van der Waals surface area (Å²) in [6.45, 7) is 0.914. The third kappa shape index (κ3) is 2.38. The summed E-state index contributed by atoms with van der Waals surface area (Å²) in [5.41, 5.74) is -0.957. The minimum atomic E-state index is -3.19. The highest BCUT2D eigenvalue weighted by atomic mass is 32.2. The van der Waals surface area contributed by atoms with Gasteiger partial charge in [0.1, 0.15) is 5.41 Å². The second kappa shape index (κ2) is 5.43. The predicted octanol–water partition coefficient (Wildman–Crippen LogP) is 1.53. The first-order valence-electron chi connectivity index (χ1n) is 9.15. The molecule has 4 aliphatic rings. The van der Waals surface area contributed by atoms with Crippen LogP contribution in [0.4, 0.5) is 0 Å². The Kier molecular flexibility index (Phi) is 3.70. The molecular formula is C17H25N3O3S. The largest absolute Gasteiger partial charge is 0.351 e. The molecule has 4 fully saturated rings. The van der Waals surface area contributed by atoms with Crippen molar-refractivity contribution in [2.24, 2.45) is 10.8 Å². The summed E-state index contributed by atoms with van der Waals surface area (Å²) in [4.78, 5) is 12.8. The van der Waals surface area contributed by atoms with Crippen molar-refractivity contribution in [2.75, 3.05) is 13.1 Å². The van der Waals surface area contributed by atoms with Crippen molar-refractivity contribution in [3.05, 3.63) is 0 Å². The van der Waals surface area contributed by atoms with Crippen molar-refractivity contribution in [1.82, 2.24) is 9.62 Å². The molecular weight excluding hydrogens is 326 g/mol. The first-order valence-corrected chi connectivity index (χ1v) is 10.7. The number of sulfonamides is 1. The maximum absolute atomic E-state index is 12.8. The van der Waals surface area contributed by atoms with E-state index < -0.39 is 15.4 Å². The first-order chi connectivity index (χ1) is 11.4. The fourth-order valence-electron chi connectivity index (χ4n) is 4.83. The van der Waals surface area contributed by atoms with Crippen molar-refractivity contribution in [3.8, 4) is 6.07 Å². The average molecular weight is 351 g/mol. The van der Waals surface area contributed by atoms with Crippen LogP contribution in [0, 0.1) is 22.2 Å². The van der Waals surface area contributed by atoms with Crippen molar-refractivity contribution in [1.29, 1.82) is 5.26 Å². The van der Waals surface area contributed by atoms with Gasteiger partial charge in [-0.2, -0.15) is 9.57 Å². The Hall–Kier alpha value is -1.13. The van der Waals surface area contributed by atoms with E-state index in [1.807, 2.05) is 0 Å². The second-order valence-corrected chi connectivity index (χ2v) is 10.3. The Morgan fingerprint density at radius 3 is 2.50 bits per heavy atom. The number of piperidine rings is 1. The van der Waals surface area contributed by atoms with Crippen LogP contribution in [0.1, 0.15) is 57.8 Å². The molecule has 132 valence electrons. The van der Waals surface area contributed by atoms with Gasteiger partial charge in [-0.3, -0.25) is 4.79 Å². The summed E-state index contributed by atoms with van der Waals surface area (Å²) >= 11 is 0. The van der Waals surface area contributed by atoms with E-state index in [2.05, 4.69) is 11.4 Å². The van der Waals surface area contributed by atoms with E-state index in [-0.39, 0.29) is 22.6 Å². The van der Waals surface area contributed by atoms with Crippen LogP contribution in [0.25, 0.3) is 0 Å². The maximum Gasteiger partial charge on any atom is 0.241 e.